The van der Waals surface area contributed by atoms with Gasteiger partial charge in [0.15, 0.2) is 0 Å². The Balaban J connectivity index is 2.23. The van der Waals surface area contributed by atoms with Crippen molar-refractivity contribution in [1.29, 1.82) is 0 Å². The second-order valence-corrected chi connectivity index (χ2v) is 5.72. The van der Waals surface area contributed by atoms with E-state index in [-0.39, 0.29) is 0 Å². The molecular weight excluding hydrogens is 262 g/mol. The Hall–Kier alpha value is -0.830. The van der Waals surface area contributed by atoms with E-state index in [2.05, 4.69) is 48.1 Å². The van der Waals surface area contributed by atoms with Crippen LogP contribution in [0.4, 0.5) is 0 Å². The molecule has 0 spiro atoms. The number of thiophene rings is 1. The van der Waals surface area contributed by atoms with Crippen molar-refractivity contribution in [3.8, 4) is 0 Å². The molecule has 1 aromatic heterocycles. The van der Waals surface area contributed by atoms with Crippen LogP contribution < -0.4 is 5.32 Å². The Kier molecular flexibility index (Phi) is 4.81. The molecule has 96 valence electrons. The summed E-state index contributed by atoms with van der Waals surface area (Å²) in [4.78, 5) is 0. The molecule has 2 rings (SSSR count). The molecule has 0 saturated carbocycles. The van der Waals surface area contributed by atoms with Crippen molar-refractivity contribution in [3.05, 3.63) is 56.7 Å². The molecule has 2 aromatic rings. The fraction of sp³-hybridized carbons (Fsp3) is 0.333. The summed E-state index contributed by atoms with van der Waals surface area (Å²) in [6, 6.07) is 8.80. The molecule has 0 aliphatic carbocycles. The molecule has 0 fully saturated rings. The second kappa shape index (κ2) is 6.37. The zero-order valence-electron chi connectivity index (χ0n) is 10.7. The van der Waals surface area contributed by atoms with Crippen LogP contribution in [-0.4, -0.2) is 6.54 Å². The van der Waals surface area contributed by atoms with E-state index in [9.17, 15) is 0 Å². The van der Waals surface area contributed by atoms with Gasteiger partial charge in [0.2, 0.25) is 0 Å². The van der Waals surface area contributed by atoms with Crippen LogP contribution in [0.25, 0.3) is 0 Å². The average Bonchev–Trinajstić information content (AvgIpc) is 2.80. The molecule has 1 aromatic carbocycles. The maximum Gasteiger partial charge on any atom is 0.0411 e. The number of nitrogens with one attached hydrogen (secondary N) is 1. The third-order valence-electron chi connectivity index (χ3n) is 2.94. The number of aryl methyl sites for hydroxylation is 1. The van der Waals surface area contributed by atoms with Crippen molar-refractivity contribution in [2.24, 2.45) is 0 Å². The van der Waals surface area contributed by atoms with Gasteiger partial charge in [-0.3, -0.25) is 0 Å². The lowest BCUT2D eigenvalue weighted by Gasteiger charge is -2.18. The zero-order chi connectivity index (χ0) is 13.0. The van der Waals surface area contributed by atoms with Gasteiger partial charge in [-0.2, -0.15) is 11.3 Å². The molecule has 1 atom stereocenters. The first-order valence-corrected chi connectivity index (χ1v) is 7.52. The van der Waals surface area contributed by atoms with E-state index in [0.29, 0.717) is 6.04 Å². The van der Waals surface area contributed by atoms with E-state index < -0.39 is 0 Å². The van der Waals surface area contributed by atoms with Crippen molar-refractivity contribution in [1.82, 2.24) is 5.32 Å². The second-order valence-electron chi connectivity index (χ2n) is 4.51. The summed E-state index contributed by atoms with van der Waals surface area (Å²) in [6.07, 6.45) is 1.01. The molecule has 1 heterocycles. The van der Waals surface area contributed by atoms with Crippen LogP contribution in [0.2, 0.25) is 5.02 Å². The molecule has 0 aliphatic heterocycles. The summed E-state index contributed by atoms with van der Waals surface area (Å²) in [5.74, 6) is 0. The molecule has 0 amide bonds. The average molecular weight is 280 g/mol. The highest BCUT2D eigenvalue weighted by Crippen LogP contribution is 2.24. The Morgan fingerprint density at radius 3 is 2.78 bits per heavy atom. The van der Waals surface area contributed by atoms with Gasteiger partial charge in [-0.05, 0) is 65.5 Å². The van der Waals surface area contributed by atoms with Gasteiger partial charge in [-0.15, -0.1) is 0 Å². The number of likely N-dealkylation sites (N-methyl/N-ethyl adjacent to an activating group) is 1. The highest BCUT2D eigenvalue weighted by Gasteiger charge is 2.12. The van der Waals surface area contributed by atoms with Gasteiger partial charge in [0, 0.05) is 11.1 Å². The zero-order valence-corrected chi connectivity index (χ0v) is 12.3. The molecule has 1 N–H and O–H groups in total. The summed E-state index contributed by atoms with van der Waals surface area (Å²) in [7, 11) is 0. The molecule has 1 unspecified atom stereocenters. The van der Waals surface area contributed by atoms with Crippen molar-refractivity contribution in [2.75, 3.05) is 6.54 Å². The van der Waals surface area contributed by atoms with Crippen LogP contribution in [0.15, 0.2) is 35.0 Å². The van der Waals surface area contributed by atoms with Gasteiger partial charge in [0.25, 0.3) is 0 Å². The molecule has 0 saturated heterocycles. The van der Waals surface area contributed by atoms with Crippen LogP contribution in [0, 0.1) is 6.92 Å². The fourth-order valence-electron chi connectivity index (χ4n) is 2.16. The Labute approximate surface area is 118 Å². The van der Waals surface area contributed by atoms with Gasteiger partial charge >= 0.3 is 0 Å². The van der Waals surface area contributed by atoms with Gasteiger partial charge < -0.3 is 5.32 Å². The van der Waals surface area contributed by atoms with Crippen LogP contribution in [0.3, 0.4) is 0 Å². The highest BCUT2D eigenvalue weighted by atomic mass is 35.5. The number of rotatable bonds is 5. The molecule has 1 nitrogen and oxygen atoms in total. The van der Waals surface area contributed by atoms with E-state index in [1.807, 2.05) is 6.07 Å². The lowest BCUT2D eigenvalue weighted by atomic mass is 9.99. The third kappa shape index (κ3) is 3.58. The van der Waals surface area contributed by atoms with Crippen molar-refractivity contribution >= 4 is 22.9 Å². The molecule has 0 aliphatic rings. The Morgan fingerprint density at radius 2 is 2.17 bits per heavy atom. The minimum atomic E-state index is 0.335. The molecule has 18 heavy (non-hydrogen) atoms. The van der Waals surface area contributed by atoms with E-state index >= 15 is 0 Å². The smallest absolute Gasteiger partial charge is 0.0411 e. The molecule has 0 bridgehead atoms. The molecular formula is C15H18ClNS. The summed E-state index contributed by atoms with van der Waals surface area (Å²) in [5.41, 5.74) is 3.86. The van der Waals surface area contributed by atoms with Crippen LogP contribution in [0.5, 0.6) is 0 Å². The lowest BCUT2D eigenvalue weighted by molar-refractivity contribution is 0.550. The van der Waals surface area contributed by atoms with Crippen molar-refractivity contribution < 1.29 is 0 Å². The topological polar surface area (TPSA) is 12.0 Å². The first-order chi connectivity index (χ1) is 8.69. The van der Waals surface area contributed by atoms with Crippen LogP contribution in [-0.2, 0) is 6.42 Å². The van der Waals surface area contributed by atoms with Crippen molar-refractivity contribution in [3.63, 3.8) is 0 Å². The monoisotopic (exact) mass is 279 g/mol. The minimum Gasteiger partial charge on any atom is -0.310 e. The van der Waals surface area contributed by atoms with E-state index in [0.717, 1.165) is 18.0 Å². The normalized spacial score (nSPS) is 12.6. The Bertz CT molecular complexity index is 473. The van der Waals surface area contributed by atoms with Crippen LogP contribution >= 0.6 is 22.9 Å². The number of benzene rings is 1. The minimum absolute atomic E-state index is 0.335. The summed E-state index contributed by atoms with van der Waals surface area (Å²) in [5, 5.41) is 8.69. The molecule has 0 radical (unpaired) electrons. The summed E-state index contributed by atoms with van der Waals surface area (Å²) < 4.78 is 0. The van der Waals surface area contributed by atoms with Gasteiger partial charge in [-0.25, -0.2) is 0 Å². The SMILES string of the molecule is CCNC(Cc1ccsc1)c1cc(C)cc(Cl)c1. The van der Waals surface area contributed by atoms with Gasteiger partial charge in [0.05, 0.1) is 0 Å². The van der Waals surface area contributed by atoms with Crippen molar-refractivity contribution in [2.45, 2.75) is 26.3 Å². The lowest BCUT2D eigenvalue weighted by Crippen LogP contribution is -2.22. The predicted octanol–water partition coefficient (Wildman–Crippen LogP) is 4.60. The Morgan fingerprint density at radius 1 is 1.33 bits per heavy atom. The summed E-state index contributed by atoms with van der Waals surface area (Å²) >= 11 is 7.90. The fourth-order valence-corrected chi connectivity index (χ4v) is 3.14. The number of hydrogen-bond acceptors (Lipinski definition) is 2. The van der Waals surface area contributed by atoms with Crippen LogP contribution in [0.1, 0.15) is 29.7 Å². The largest absolute Gasteiger partial charge is 0.310 e. The van der Waals surface area contributed by atoms with Gasteiger partial charge in [-0.1, -0.05) is 24.6 Å². The third-order valence-corrected chi connectivity index (χ3v) is 3.89. The van der Waals surface area contributed by atoms with E-state index in [1.165, 1.54) is 16.7 Å². The first-order valence-electron chi connectivity index (χ1n) is 6.20. The van der Waals surface area contributed by atoms with Gasteiger partial charge in [0.1, 0.15) is 0 Å². The number of halogens is 1. The van der Waals surface area contributed by atoms with E-state index in [1.54, 1.807) is 11.3 Å². The molecule has 3 heteroatoms. The highest BCUT2D eigenvalue weighted by molar-refractivity contribution is 7.07. The number of hydrogen-bond donors (Lipinski definition) is 1. The predicted molar refractivity (Wildman–Crippen MR) is 80.6 cm³/mol. The maximum absolute atomic E-state index is 6.15. The maximum atomic E-state index is 6.15. The van der Waals surface area contributed by atoms with E-state index in [4.69, 9.17) is 11.6 Å². The summed E-state index contributed by atoms with van der Waals surface area (Å²) in [6.45, 7) is 5.18. The first kappa shape index (κ1) is 13.6. The quantitative estimate of drug-likeness (QED) is 0.843. The standard InChI is InChI=1S/C15H18ClNS/c1-3-17-15(8-12-4-5-18-10-12)13-6-11(2)7-14(16)9-13/h4-7,9-10,15,17H,3,8H2,1-2H3.